The zero-order valence-corrected chi connectivity index (χ0v) is 8.52. The predicted octanol–water partition coefficient (Wildman–Crippen LogP) is 2.68. The third-order valence-electron chi connectivity index (χ3n) is 1.70. The maximum atomic E-state index is 12.1. The summed E-state index contributed by atoms with van der Waals surface area (Å²) in [5.74, 6) is 0.0369. The minimum Gasteiger partial charge on any atom is -0.435 e. The van der Waals surface area contributed by atoms with Crippen molar-refractivity contribution in [3.8, 4) is 5.75 Å². The monoisotopic (exact) mass is 241 g/mol. The maximum absolute atomic E-state index is 12.1. The van der Waals surface area contributed by atoms with Gasteiger partial charge in [0.25, 0.3) is 0 Å². The van der Waals surface area contributed by atoms with Gasteiger partial charge < -0.3 is 10.5 Å². The highest BCUT2D eigenvalue weighted by atomic mass is 35.5. The molecular formula is C9H11ClF3NO. The van der Waals surface area contributed by atoms with Gasteiger partial charge in [-0.05, 0) is 17.7 Å². The van der Waals surface area contributed by atoms with Gasteiger partial charge >= 0.3 is 6.61 Å². The highest BCUT2D eigenvalue weighted by molar-refractivity contribution is 5.85. The van der Waals surface area contributed by atoms with Crippen LogP contribution in [-0.2, 0) is 0 Å². The minimum absolute atomic E-state index is 0. The Bertz CT molecular complexity index is 281. The zero-order valence-electron chi connectivity index (χ0n) is 7.70. The average molecular weight is 242 g/mol. The van der Waals surface area contributed by atoms with Gasteiger partial charge in [-0.3, -0.25) is 0 Å². The molecule has 0 aliphatic heterocycles. The summed E-state index contributed by atoms with van der Waals surface area (Å²) in [6.07, 6.45) is 0. The molecule has 2 nitrogen and oxygen atoms in total. The van der Waals surface area contributed by atoms with Crippen LogP contribution in [0.5, 0.6) is 5.75 Å². The Morgan fingerprint density at radius 2 is 1.73 bits per heavy atom. The molecule has 2 N–H and O–H groups in total. The quantitative estimate of drug-likeness (QED) is 0.880. The SMILES string of the molecule is Cl.N[C@H](CF)c1ccc(OC(F)F)cc1. The molecule has 1 aromatic carbocycles. The molecule has 86 valence electrons. The molecule has 15 heavy (non-hydrogen) atoms. The molecule has 0 amide bonds. The van der Waals surface area contributed by atoms with Crippen molar-refractivity contribution in [3.05, 3.63) is 29.8 Å². The molecule has 0 unspecified atom stereocenters. The second-order valence-electron chi connectivity index (χ2n) is 2.71. The van der Waals surface area contributed by atoms with Crippen molar-refractivity contribution < 1.29 is 17.9 Å². The molecule has 0 radical (unpaired) electrons. The second-order valence-corrected chi connectivity index (χ2v) is 2.71. The van der Waals surface area contributed by atoms with E-state index in [-0.39, 0.29) is 18.2 Å². The Morgan fingerprint density at radius 3 is 2.13 bits per heavy atom. The summed E-state index contributed by atoms with van der Waals surface area (Å²) in [6.45, 7) is -3.54. The van der Waals surface area contributed by atoms with Crippen LogP contribution in [0.3, 0.4) is 0 Å². The first-order valence-corrected chi connectivity index (χ1v) is 4.00. The van der Waals surface area contributed by atoms with E-state index < -0.39 is 19.3 Å². The summed E-state index contributed by atoms with van der Waals surface area (Å²) < 4.78 is 39.7. The molecule has 0 saturated heterocycles. The summed E-state index contributed by atoms with van der Waals surface area (Å²) in [4.78, 5) is 0. The standard InChI is InChI=1S/C9H10F3NO.ClH/c10-5-8(13)6-1-3-7(4-2-6)14-9(11)12;/h1-4,8-9H,5,13H2;1H/t8-;/m1./s1. The molecule has 1 aromatic rings. The Labute approximate surface area is 91.6 Å². The third kappa shape index (κ3) is 4.40. The molecule has 6 heteroatoms. The van der Waals surface area contributed by atoms with E-state index in [4.69, 9.17) is 5.73 Å². The molecule has 0 aliphatic rings. The van der Waals surface area contributed by atoms with Crippen molar-refractivity contribution in [2.75, 3.05) is 6.67 Å². The van der Waals surface area contributed by atoms with Gasteiger partial charge in [0.15, 0.2) is 0 Å². The summed E-state index contributed by atoms with van der Waals surface area (Å²) >= 11 is 0. The molecule has 0 bridgehead atoms. The lowest BCUT2D eigenvalue weighted by atomic mass is 10.1. The van der Waals surface area contributed by atoms with Crippen LogP contribution in [0.25, 0.3) is 0 Å². The highest BCUT2D eigenvalue weighted by Gasteiger charge is 2.07. The summed E-state index contributed by atoms with van der Waals surface area (Å²) in [5, 5.41) is 0. The van der Waals surface area contributed by atoms with E-state index in [9.17, 15) is 13.2 Å². The number of halogens is 4. The Balaban J connectivity index is 0.00000196. The highest BCUT2D eigenvalue weighted by Crippen LogP contribution is 2.18. The van der Waals surface area contributed by atoms with E-state index in [1.807, 2.05) is 0 Å². The molecule has 0 spiro atoms. The number of ether oxygens (including phenoxy) is 1. The van der Waals surface area contributed by atoms with E-state index in [0.29, 0.717) is 5.56 Å². The van der Waals surface area contributed by atoms with E-state index in [0.717, 1.165) is 0 Å². The van der Waals surface area contributed by atoms with Crippen molar-refractivity contribution >= 4 is 12.4 Å². The van der Waals surface area contributed by atoms with Gasteiger partial charge in [0, 0.05) is 0 Å². The van der Waals surface area contributed by atoms with Gasteiger partial charge in [0.1, 0.15) is 12.4 Å². The number of benzene rings is 1. The van der Waals surface area contributed by atoms with Crippen LogP contribution in [0.4, 0.5) is 13.2 Å². The Morgan fingerprint density at radius 1 is 1.20 bits per heavy atom. The summed E-state index contributed by atoms with van der Waals surface area (Å²) in [5.41, 5.74) is 5.93. The molecule has 0 fully saturated rings. The molecule has 1 rings (SSSR count). The van der Waals surface area contributed by atoms with Crippen molar-refractivity contribution in [2.24, 2.45) is 5.73 Å². The van der Waals surface area contributed by atoms with Crippen molar-refractivity contribution in [1.82, 2.24) is 0 Å². The average Bonchev–Trinajstić information content (AvgIpc) is 2.17. The summed E-state index contributed by atoms with van der Waals surface area (Å²) in [6, 6.07) is 4.87. The fourth-order valence-electron chi connectivity index (χ4n) is 0.986. The minimum atomic E-state index is -2.85. The Hall–Kier alpha value is -0.940. The molecule has 0 saturated carbocycles. The fourth-order valence-corrected chi connectivity index (χ4v) is 0.986. The maximum Gasteiger partial charge on any atom is 0.387 e. The lowest BCUT2D eigenvalue weighted by molar-refractivity contribution is -0.0498. The molecular weight excluding hydrogens is 231 g/mol. The Kier molecular flexibility index (Phi) is 6.12. The molecule has 0 heterocycles. The first-order chi connectivity index (χ1) is 6.63. The van der Waals surface area contributed by atoms with Crippen LogP contribution in [0.1, 0.15) is 11.6 Å². The first-order valence-electron chi connectivity index (χ1n) is 4.00. The van der Waals surface area contributed by atoms with Gasteiger partial charge in [-0.1, -0.05) is 12.1 Å². The van der Waals surface area contributed by atoms with Crippen LogP contribution < -0.4 is 10.5 Å². The van der Waals surface area contributed by atoms with Gasteiger partial charge in [-0.15, -0.1) is 12.4 Å². The predicted molar refractivity (Wildman–Crippen MR) is 53.2 cm³/mol. The number of hydrogen-bond donors (Lipinski definition) is 1. The van der Waals surface area contributed by atoms with E-state index >= 15 is 0 Å². The van der Waals surface area contributed by atoms with Crippen LogP contribution in [0.15, 0.2) is 24.3 Å². The lowest BCUT2D eigenvalue weighted by Crippen LogP contribution is -2.12. The number of rotatable bonds is 4. The lowest BCUT2D eigenvalue weighted by Gasteiger charge is -2.08. The van der Waals surface area contributed by atoms with Crippen LogP contribution >= 0.6 is 12.4 Å². The molecule has 0 aliphatic carbocycles. The molecule has 1 atom stereocenters. The third-order valence-corrected chi connectivity index (χ3v) is 1.70. The van der Waals surface area contributed by atoms with Crippen LogP contribution in [-0.4, -0.2) is 13.3 Å². The van der Waals surface area contributed by atoms with Gasteiger partial charge in [0.2, 0.25) is 0 Å². The number of nitrogens with two attached hydrogens (primary N) is 1. The summed E-state index contributed by atoms with van der Waals surface area (Å²) in [7, 11) is 0. The number of hydrogen-bond acceptors (Lipinski definition) is 2. The van der Waals surface area contributed by atoms with Crippen molar-refractivity contribution in [2.45, 2.75) is 12.7 Å². The largest absolute Gasteiger partial charge is 0.435 e. The fraction of sp³-hybridized carbons (Fsp3) is 0.333. The van der Waals surface area contributed by atoms with Crippen LogP contribution in [0, 0.1) is 0 Å². The zero-order chi connectivity index (χ0) is 10.6. The van der Waals surface area contributed by atoms with Gasteiger partial charge in [-0.25, -0.2) is 4.39 Å². The van der Waals surface area contributed by atoms with E-state index in [1.54, 1.807) is 0 Å². The van der Waals surface area contributed by atoms with E-state index in [1.165, 1.54) is 24.3 Å². The van der Waals surface area contributed by atoms with Crippen molar-refractivity contribution in [1.29, 1.82) is 0 Å². The second kappa shape index (κ2) is 6.53. The van der Waals surface area contributed by atoms with Gasteiger partial charge in [-0.2, -0.15) is 8.78 Å². The first kappa shape index (κ1) is 14.1. The topological polar surface area (TPSA) is 35.2 Å². The van der Waals surface area contributed by atoms with Gasteiger partial charge in [0.05, 0.1) is 6.04 Å². The number of alkyl halides is 3. The smallest absolute Gasteiger partial charge is 0.387 e. The normalized spacial score (nSPS) is 12.1. The van der Waals surface area contributed by atoms with Crippen molar-refractivity contribution in [3.63, 3.8) is 0 Å². The molecule has 0 aromatic heterocycles. The van der Waals surface area contributed by atoms with Crippen LogP contribution in [0.2, 0.25) is 0 Å². The van der Waals surface area contributed by atoms with E-state index in [2.05, 4.69) is 4.74 Å².